The number of para-hydroxylation sites is 1. The fourth-order valence-corrected chi connectivity index (χ4v) is 4.48. The van der Waals surface area contributed by atoms with Crippen molar-refractivity contribution in [1.29, 1.82) is 0 Å². The van der Waals surface area contributed by atoms with Gasteiger partial charge in [0.15, 0.2) is 5.79 Å². The van der Waals surface area contributed by atoms with Gasteiger partial charge in [0.25, 0.3) is 5.91 Å². The van der Waals surface area contributed by atoms with Gasteiger partial charge in [0.05, 0.1) is 30.0 Å². The average molecular weight is 446 g/mol. The number of carbonyl (C=O) groups is 2. The maximum atomic E-state index is 13.6. The number of hydrogen-bond donors (Lipinski definition) is 1. The van der Waals surface area contributed by atoms with Crippen LogP contribution in [0.3, 0.4) is 0 Å². The van der Waals surface area contributed by atoms with Crippen molar-refractivity contribution < 1.29 is 19.1 Å². The minimum atomic E-state index is -0.517. The highest BCUT2D eigenvalue weighted by Crippen LogP contribution is 2.33. The number of hydrogen-bond acceptors (Lipinski definition) is 5. The first-order chi connectivity index (χ1) is 16.1. The van der Waals surface area contributed by atoms with Crippen LogP contribution in [-0.4, -0.2) is 53.8 Å². The molecule has 1 spiro atoms. The maximum Gasteiger partial charge on any atom is 0.254 e. The van der Waals surface area contributed by atoms with Crippen LogP contribution < -0.4 is 5.32 Å². The van der Waals surface area contributed by atoms with Crippen LogP contribution in [0, 0.1) is 0 Å². The third-order valence-electron chi connectivity index (χ3n) is 6.36. The Hall–Kier alpha value is -3.29. The van der Waals surface area contributed by atoms with Crippen LogP contribution >= 0.6 is 0 Å². The van der Waals surface area contributed by atoms with Gasteiger partial charge in [-0.15, -0.1) is 0 Å². The second kappa shape index (κ2) is 8.92. The Bertz CT molecular complexity index is 1180. The van der Waals surface area contributed by atoms with E-state index in [1.165, 1.54) is 0 Å². The van der Waals surface area contributed by atoms with Crippen molar-refractivity contribution in [3.05, 3.63) is 60.2 Å². The van der Waals surface area contributed by atoms with Gasteiger partial charge in [-0.2, -0.15) is 0 Å². The fourth-order valence-electron chi connectivity index (χ4n) is 4.48. The van der Waals surface area contributed by atoms with Crippen molar-refractivity contribution in [3.8, 4) is 11.3 Å². The van der Waals surface area contributed by atoms with Crippen LogP contribution in [0.4, 0.5) is 5.69 Å². The molecular weight excluding hydrogens is 418 g/mol. The number of anilines is 1. The van der Waals surface area contributed by atoms with Crippen molar-refractivity contribution in [2.45, 2.75) is 32.0 Å². The van der Waals surface area contributed by atoms with Gasteiger partial charge in [-0.25, -0.2) is 4.98 Å². The summed E-state index contributed by atoms with van der Waals surface area (Å²) in [5, 5.41) is 3.69. The van der Waals surface area contributed by atoms with Crippen LogP contribution in [0.1, 0.15) is 36.5 Å². The van der Waals surface area contributed by atoms with Gasteiger partial charge in [-0.1, -0.05) is 37.3 Å². The van der Waals surface area contributed by atoms with Crippen LogP contribution in [0.25, 0.3) is 22.2 Å². The molecule has 170 valence electrons. The van der Waals surface area contributed by atoms with E-state index >= 15 is 0 Å². The SMILES string of the molecule is CCC(=O)Nc1ccc(-c2cc(C(=O)N3CCC4(CC3)OCCO4)c3ccccc3n2)cc1. The number of ether oxygens (including phenoxy) is 2. The van der Waals surface area contributed by atoms with E-state index in [4.69, 9.17) is 14.5 Å². The van der Waals surface area contributed by atoms with Crippen LogP contribution in [0.5, 0.6) is 0 Å². The van der Waals surface area contributed by atoms with Crippen LogP contribution in [0.15, 0.2) is 54.6 Å². The third-order valence-corrected chi connectivity index (χ3v) is 6.36. The molecule has 2 aliphatic heterocycles. The van der Waals surface area contributed by atoms with Crippen molar-refractivity contribution in [1.82, 2.24) is 9.88 Å². The molecule has 2 saturated heterocycles. The zero-order chi connectivity index (χ0) is 22.8. The van der Waals surface area contributed by atoms with Crippen molar-refractivity contribution in [3.63, 3.8) is 0 Å². The molecule has 1 aromatic heterocycles. The minimum Gasteiger partial charge on any atom is -0.347 e. The molecule has 2 amide bonds. The summed E-state index contributed by atoms with van der Waals surface area (Å²) < 4.78 is 11.6. The van der Waals surface area contributed by atoms with Crippen molar-refractivity contribution >= 4 is 28.4 Å². The molecular formula is C26H27N3O4. The van der Waals surface area contributed by atoms with Gasteiger partial charge in [0.1, 0.15) is 0 Å². The number of nitrogens with one attached hydrogen (secondary N) is 1. The molecule has 33 heavy (non-hydrogen) atoms. The number of pyridine rings is 1. The van der Waals surface area contributed by atoms with Crippen LogP contribution in [-0.2, 0) is 14.3 Å². The van der Waals surface area contributed by atoms with Gasteiger partial charge in [-0.05, 0) is 24.3 Å². The lowest BCUT2D eigenvalue weighted by molar-refractivity contribution is -0.181. The Morgan fingerprint density at radius 1 is 1.03 bits per heavy atom. The Morgan fingerprint density at radius 3 is 2.42 bits per heavy atom. The van der Waals surface area contributed by atoms with Crippen molar-refractivity contribution in [2.75, 3.05) is 31.6 Å². The van der Waals surface area contributed by atoms with Gasteiger partial charge in [-0.3, -0.25) is 9.59 Å². The molecule has 3 heterocycles. The molecule has 3 aromatic rings. The zero-order valence-electron chi connectivity index (χ0n) is 18.7. The van der Waals surface area contributed by atoms with E-state index in [0.29, 0.717) is 51.1 Å². The predicted molar refractivity (Wildman–Crippen MR) is 126 cm³/mol. The lowest BCUT2D eigenvalue weighted by Crippen LogP contribution is -2.47. The highest BCUT2D eigenvalue weighted by Gasteiger charge is 2.41. The van der Waals surface area contributed by atoms with Gasteiger partial charge in [0, 0.05) is 49.0 Å². The monoisotopic (exact) mass is 445 g/mol. The first-order valence-electron chi connectivity index (χ1n) is 11.4. The Morgan fingerprint density at radius 2 is 1.73 bits per heavy atom. The Labute approximate surface area is 192 Å². The Kier molecular flexibility index (Phi) is 5.83. The summed E-state index contributed by atoms with van der Waals surface area (Å²) in [5.74, 6) is -0.553. The molecule has 0 unspecified atom stereocenters. The number of piperidine rings is 1. The highest BCUT2D eigenvalue weighted by atomic mass is 16.7. The lowest BCUT2D eigenvalue weighted by Gasteiger charge is -2.37. The summed E-state index contributed by atoms with van der Waals surface area (Å²) >= 11 is 0. The van der Waals surface area contributed by atoms with Gasteiger partial charge in [0.2, 0.25) is 5.91 Å². The number of carbonyl (C=O) groups excluding carboxylic acids is 2. The molecule has 2 aliphatic rings. The summed E-state index contributed by atoms with van der Waals surface area (Å²) in [7, 11) is 0. The number of amides is 2. The molecule has 1 N–H and O–H groups in total. The second-order valence-corrected chi connectivity index (χ2v) is 8.45. The Balaban J connectivity index is 1.44. The number of likely N-dealkylation sites (tertiary alicyclic amines) is 1. The van der Waals surface area contributed by atoms with Crippen molar-refractivity contribution in [2.24, 2.45) is 0 Å². The molecule has 5 rings (SSSR count). The number of benzene rings is 2. The molecule has 0 bridgehead atoms. The number of rotatable bonds is 4. The van der Waals surface area contributed by atoms with E-state index in [9.17, 15) is 9.59 Å². The molecule has 0 atom stereocenters. The van der Waals surface area contributed by atoms with E-state index in [-0.39, 0.29) is 11.8 Å². The molecule has 0 saturated carbocycles. The number of fused-ring (bicyclic) bond motifs is 1. The quantitative estimate of drug-likeness (QED) is 0.650. The second-order valence-electron chi connectivity index (χ2n) is 8.45. The maximum absolute atomic E-state index is 13.6. The summed E-state index contributed by atoms with van der Waals surface area (Å²) in [6.07, 6.45) is 1.79. The number of aromatic nitrogens is 1. The zero-order valence-corrected chi connectivity index (χ0v) is 18.7. The highest BCUT2D eigenvalue weighted by molar-refractivity contribution is 6.07. The molecule has 2 fully saturated rings. The normalized spacial score (nSPS) is 17.4. The van der Waals surface area contributed by atoms with E-state index in [1.807, 2.05) is 66.4 Å². The first-order valence-corrected chi connectivity index (χ1v) is 11.4. The van der Waals surface area contributed by atoms with E-state index in [1.54, 1.807) is 0 Å². The van der Waals surface area contributed by atoms with E-state index < -0.39 is 5.79 Å². The summed E-state index contributed by atoms with van der Waals surface area (Å²) in [4.78, 5) is 31.9. The molecule has 0 aliphatic carbocycles. The van der Waals surface area contributed by atoms with Gasteiger partial charge < -0.3 is 19.7 Å². The summed E-state index contributed by atoms with van der Waals surface area (Å²) in [5.41, 5.74) is 3.76. The largest absolute Gasteiger partial charge is 0.347 e. The van der Waals surface area contributed by atoms with Crippen LogP contribution in [0.2, 0.25) is 0 Å². The smallest absolute Gasteiger partial charge is 0.254 e. The molecule has 0 radical (unpaired) electrons. The molecule has 7 heteroatoms. The van der Waals surface area contributed by atoms with E-state index in [2.05, 4.69) is 5.32 Å². The standard InChI is InChI=1S/C26H27N3O4/c1-2-24(30)27-19-9-7-18(8-10-19)23-17-21(20-5-3-4-6-22(20)28-23)25(31)29-13-11-26(12-14-29)32-15-16-33-26/h3-10,17H,2,11-16H2,1H3,(H,27,30). The number of nitrogens with zero attached hydrogens (tertiary/aromatic N) is 2. The fraction of sp³-hybridized carbons (Fsp3) is 0.346. The third kappa shape index (κ3) is 4.34. The topological polar surface area (TPSA) is 80.8 Å². The van der Waals surface area contributed by atoms with E-state index in [0.717, 1.165) is 27.8 Å². The minimum absolute atomic E-state index is 0.00507. The molecule has 7 nitrogen and oxygen atoms in total. The average Bonchev–Trinajstić information content (AvgIpc) is 3.31. The predicted octanol–water partition coefficient (Wildman–Crippen LogP) is 4.23. The molecule has 2 aromatic carbocycles. The summed E-state index contributed by atoms with van der Waals surface area (Å²) in [6.45, 7) is 4.24. The first kappa shape index (κ1) is 21.6. The lowest BCUT2D eigenvalue weighted by atomic mass is 10.00. The van der Waals surface area contributed by atoms with Gasteiger partial charge >= 0.3 is 0 Å². The summed E-state index contributed by atoms with van der Waals surface area (Å²) in [6, 6.07) is 17.1.